The highest BCUT2D eigenvalue weighted by Gasteiger charge is 2.22. The van der Waals surface area contributed by atoms with Crippen molar-refractivity contribution in [2.75, 3.05) is 7.11 Å². The van der Waals surface area contributed by atoms with Crippen LogP contribution in [0.5, 0.6) is 5.75 Å². The Kier molecular flexibility index (Phi) is 7.02. The maximum Gasteiger partial charge on any atom is 0.122 e. The lowest BCUT2D eigenvalue weighted by molar-refractivity contribution is 0.305. The van der Waals surface area contributed by atoms with Gasteiger partial charge in [-0.2, -0.15) is 0 Å². The molecule has 0 unspecified atom stereocenters. The van der Waals surface area contributed by atoms with Crippen LogP contribution in [0.4, 0.5) is 0 Å². The van der Waals surface area contributed by atoms with Crippen molar-refractivity contribution in [3.8, 4) is 5.75 Å². The van der Waals surface area contributed by atoms with Crippen molar-refractivity contribution in [1.82, 2.24) is 0 Å². The Morgan fingerprint density at radius 1 is 1.23 bits per heavy atom. The minimum atomic E-state index is 0.761. The molecule has 22 heavy (non-hydrogen) atoms. The van der Waals surface area contributed by atoms with Crippen molar-refractivity contribution in [3.05, 3.63) is 42.0 Å². The molecule has 1 aromatic carbocycles. The molecule has 1 aromatic rings. The molecule has 122 valence electrons. The number of benzene rings is 1. The molecule has 1 aliphatic rings. The van der Waals surface area contributed by atoms with Crippen LogP contribution >= 0.6 is 0 Å². The second-order valence-electron chi connectivity index (χ2n) is 6.76. The maximum atomic E-state index is 5.50. The first-order valence-electron chi connectivity index (χ1n) is 9.06. The number of unbranched alkanes of at least 4 members (excludes halogenated alkanes) is 1. The minimum Gasteiger partial charge on any atom is -0.496 e. The van der Waals surface area contributed by atoms with Crippen molar-refractivity contribution < 1.29 is 4.74 Å². The smallest absolute Gasteiger partial charge is 0.122 e. The van der Waals surface area contributed by atoms with Gasteiger partial charge in [-0.3, -0.25) is 0 Å². The van der Waals surface area contributed by atoms with Crippen LogP contribution in [-0.4, -0.2) is 7.11 Å². The fourth-order valence-electron chi connectivity index (χ4n) is 3.85. The number of methoxy groups -OCH3 is 1. The molecular formula is C21H32O. The molecule has 0 aliphatic heterocycles. The van der Waals surface area contributed by atoms with E-state index in [1.54, 1.807) is 7.11 Å². The molecule has 0 saturated heterocycles. The largest absolute Gasteiger partial charge is 0.496 e. The molecule has 0 aromatic heterocycles. The number of rotatable bonds is 8. The summed E-state index contributed by atoms with van der Waals surface area (Å²) in [5.41, 5.74) is 2.92. The fourth-order valence-corrected chi connectivity index (χ4v) is 3.85. The number of aryl methyl sites for hydroxylation is 1. The average Bonchev–Trinajstić information content (AvgIpc) is 2.56. The van der Waals surface area contributed by atoms with E-state index >= 15 is 0 Å². The molecule has 0 heterocycles. The Hall–Kier alpha value is -1.24. The lowest BCUT2D eigenvalue weighted by Crippen LogP contribution is -2.13. The van der Waals surface area contributed by atoms with Crippen LogP contribution < -0.4 is 4.74 Å². The van der Waals surface area contributed by atoms with E-state index in [-0.39, 0.29) is 0 Å². The van der Waals surface area contributed by atoms with E-state index in [1.165, 1.54) is 62.5 Å². The van der Waals surface area contributed by atoms with Crippen molar-refractivity contribution in [1.29, 1.82) is 0 Å². The predicted octanol–water partition coefficient (Wildman–Crippen LogP) is 6.28. The summed E-state index contributed by atoms with van der Waals surface area (Å²) in [6.07, 6.45) is 13.8. The minimum absolute atomic E-state index is 0.761. The molecule has 2 rings (SSSR count). The van der Waals surface area contributed by atoms with E-state index in [4.69, 9.17) is 4.74 Å². The first kappa shape index (κ1) is 17.1. The summed E-state index contributed by atoms with van der Waals surface area (Å²) < 4.78 is 5.50. The van der Waals surface area contributed by atoms with Gasteiger partial charge in [-0.1, -0.05) is 38.0 Å². The Balaban J connectivity index is 1.93. The molecule has 0 amide bonds. The summed E-state index contributed by atoms with van der Waals surface area (Å²) in [6, 6.07) is 6.88. The summed E-state index contributed by atoms with van der Waals surface area (Å²) in [4.78, 5) is 0. The van der Waals surface area contributed by atoms with Crippen LogP contribution in [0.1, 0.15) is 75.3 Å². The van der Waals surface area contributed by atoms with E-state index in [0.29, 0.717) is 0 Å². The first-order chi connectivity index (χ1) is 10.8. The van der Waals surface area contributed by atoms with Crippen LogP contribution in [0.2, 0.25) is 0 Å². The summed E-state index contributed by atoms with van der Waals surface area (Å²) in [7, 11) is 1.78. The van der Waals surface area contributed by atoms with Gasteiger partial charge in [-0.15, -0.1) is 6.58 Å². The molecule has 1 heteroatoms. The maximum absolute atomic E-state index is 5.50. The second-order valence-corrected chi connectivity index (χ2v) is 6.76. The summed E-state index contributed by atoms with van der Waals surface area (Å²) in [5.74, 6) is 2.77. The van der Waals surface area contributed by atoms with Gasteiger partial charge >= 0.3 is 0 Å². The molecule has 1 aliphatic carbocycles. The molecule has 1 saturated carbocycles. The highest BCUT2D eigenvalue weighted by atomic mass is 16.5. The topological polar surface area (TPSA) is 9.23 Å². The third-order valence-electron chi connectivity index (χ3n) is 5.16. The van der Waals surface area contributed by atoms with Gasteiger partial charge in [0.2, 0.25) is 0 Å². The van der Waals surface area contributed by atoms with Crippen molar-refractivity contribution in [2.24, 2.45) is 5.92 Å². The molecule has 1 nitrogen and oxygen atoms in total. The van der Waals surface area contributed by atoms with Crippen LogP contribution in [0.3, 0.4) is 0 Å². The van der Waals surface area contributed by atoms with Crippen molar-refractivity contribution >= 4 is 0 Å². The van der Waals surface area contributed by atoms with Gasteiger partial charge in [0, 0.05) is 0 Å². The van der Waals surface area contributed by atoms with Crippen LogP contribution in [0.25, 0.3) is 0 Å². The summed E-state index contributed by atoms with van der Waals surface area (Å²) >= 11 is 0. The van der Waals surface area contributed by atoms with Gasteiger partial charge in [0.1, 0.15) is 5.75 Å². The molecule has 0 atom stereocenters. The van der Waals surface area contributed by atoms with Gasteiger partial charge in [0.15, 0.2) is 0 Å². The number of hydrogen-bond donors (Lipinski definition) is 0. The summed E-state index contributed by atoms with van der Waals surface area (Å²) in [6.45, 7) is 6.06. The fraction of sp³-hybridized carbons (Fsp3) is 0.619. The zero-order chi connectivity index (χ0) is 15.8. The lowest BCUT2D eigenvalue weighted by atomic mass is 9.76. The monoisotopic (exact) mass is 300 g/mol. The zero-order valence-corrected chi connectivity index (χ0v) is 14.4. The Bertz CT molecular complexity index is 455. The van der Waals surface area contributed by atoms with Crippen LogP contribution in [0.15, 0.2) is 30.9 Å². The van der Waals surface area contributed by atoms with Crippen molar-refractivity contribution in [2.45, 2.75) is 70.6 Å². The number of allylic oxidation sites excluding steroid dienone is 1. The van der Waals surface area contributed by atoms with E-state index in [0.717, 1.165) is 24.0 Å². The van der Waals surface area contributed by atoms with Gasteiger partial charge < -0.3 is 4.74 Å². The third kappa shape index (κ3) is 4.63. The summed E-state index contributed by atoms with van der Waals surface area (Å²) in [5, 5.41) is 0. The highest BCUT2D eigenvalue weighted by molar-refractivity contribution is 5.38. The number of hydrogen-bond acceptors (Lipinski definition) is 1. The Morgan fingerprint density at radius 3 is 2.64 bits per heavy atom. The van der Waals surface area contributed by atoms with Crippen molar-refractivity contribution in [3.63, 3.8) is 0 Å². The molecule has 0 spiro atoms. The molecule has 0 radical (unpaired) electrons. The first-order valence-corrected chi connectivity index (χ1v) is 9.06. The van der Waals surface area contributed by atoms with E-state index in [9.17, 15) is 0 Å². The van der Waals surface area contributed by atoms with E-state index < -0.39 is 0 Å². The van der Waals surface area contributed by atoms with Crippen LogP contribution in [0, 0.1) is 5.92 Å². The van der Waals surface area contributed by atoms with Gasteiger partial charge in [0.25, 0.3) is 0 Å². The van der Waals surface area contributed by atoms with Gasteiger partial charge in [0.05, 0.1) is 7.11 Å². The predicted molar refractivity (Wildman–Crippen MR) is 95.7 cm³/mol. The third-order valence-corrected chi connectivity index (χ3v) is 5.16. The lowest BCUT2D eigenvalue weighted by Gasteiger charge is -2.29. The Labute approximate surface area is 136 Å². The van der Waals surface area contributed by atoms with E-state index in [2.05, 4.69) is 37.8 Å². The molecular weight excluding hydrogens is 268 g/mol. The van der Waals surface area contributed by atoms with Gasteiger partial charge in [-0.05, 0) is 74.0 Å². The Morgan fingerprint density at radius 2 is 2.00 bits per heavy atom. The zero-order valence-electron chi connectivity index (χ0n) is 14.4. The SMILES string of the molecule is C=CCCCC1CCC(c2ccc(OC)c(CCC)c2)CC1. The van der Waals surface area contributed by atoms with Crippen LogP contribution in [-0.2, 0) is 6.42 Å². The molecule has 1 fully saturated rings. The molecule has 0 bridgehead atoms. The average molecular weight is 300 g/mol. The standard InChI is InChI=1S/C21H32O/c1-4-6-7-9-17-10-12-18(13-11-17)19-14-15-21(22-3)20(16-19)8-5-2/h4,14-18H,1,5-13H2,2-3H3. The number of ether oxygens (including phenoxy) is 1. The second kappa shape index (κ2) is 9.02. The quantitative estimate of drug-likeness (QED) is 0.405. The molecule has 0 N–H and O–H groups in total. The normalized spacial score (nSPS) is 21.5. The van der Waals surface area contributed by atoms with Gasteiger partial charge in [-0.25, -0.2) is 0 Å². The highest BCUT2D eigenvalue weighted by Crippen LogP contribution is 2.39. The van der Waals surface area contributed by atoms with E-state index in [1.807, 2.05) is 0 Å².